The Hall–Kier alpha value is -2.92. The highest BCUT2D eigenvalue weighted by atomic mass is 19.4. The number of ether oxygens (including phenoxy) is 1. The SMILES string of the molecule is CO[C@H]1CCCCC1c1nnc(C2=C(C)NC3C(c4ccccc4)C(C(F)(F)F)NN3C2=O)o1. The molecule has 1 saturated heterocycles. The molecule has 1 aliphatic carbocycles. The minimum absolute atomic E-state index is 0.0163. The first kappa shape index (κ1) is 22.9. The Morgan fingerprint density at radius 1 is 1.15 bits per heavy atom. The zero-order valence-electron chi connectivity index (χ0n) is 18.8. The van der Waals surface area contributed by atoms with Gasteiger partial charge < -0.3 is 14.5 Å². The van der Waals surface area contributed by atoms with Gasteiger partial charge in [-0.15, -0.1) is 10.2 Å². The Morgan fingerprint density at radius 3 is 2.59 bits per heavy atom. The van der Waals surface area contributed by atoms with Crippen molar-refractivity contribution in [1.29, 1.82) is 0 Å². The number of fused-ring (bicyclic) bond motifs is 1. The molecule has 2 N–H and O–H groups in total. The Labute approximate surface area is 194 Å². The number of hydrogen-bond acceptors (Lipinski definition) is 7. The van der Waals surface area contributed by atoms with Gasteiger partial charge in [0.1, 0.15) is 17.8 Å². The topological polar surface area (TPSA) is 92.5 Å². The molecule has 1 aromatic heterocycles. The van der Waals surface area contributed by atoms with Crippen LogP contribution in [0.15, 0.2) is 40.4 Å². The molecule has 0 radical (unpaired) electrons. The summed E-state index contributed by atoms with van der Waals surface area (Å²) in [6, 6.07) is 6.44. The summed E-state index contributed by atoms with van der Waals surface area (Å²) < 4.78 is 53.4. The summed E-state index contributed by atoms with van der Waals surface area (Å²) in [6.07, 6.45) is -1.80. The third kappa shape index (κ3) is 3.86. The Balaban J connectivity index is 1.47. The highest BCUT2D eigenvalue weighted by molar-refractivity contribution is 6.19. The Bertz CT molecular complexity index is 1090. The van der Waals surface area contributed by atoms with Gasteiger partial charge in [0.05, 0.1) is 17.9 Å². The van der Waals surface area contributed by atoms with Gasteiger partial charge in [-0.25, -0.2) is 10.4 Å². The Kier molecular flexibility index (Phi) is 5.85. The fraction of sp³-hybridized carbons (Fsp3) is 0.522. The van der Waals surface area contributed by atoms with Crippen LogP contribution in [0.5, 0.6) is 0 Å². The minimum atomic E-state index is -4.57. The molecular formula is C23H26F3N5O3. The van der Waals surface area contributed by atoms with Crippen LogP contribution in [0.1, 0.15) is 61.8 Å². The van der Waals surface area contributed by atoms with Crippen LogP contribution in [0.2, 0.25) is 0 Å². The number of alkyl halides is 3. The summed E-state index contributed by atoms with van der Waals surface area (Å²) in [4.78, 5) is 13.4. The molecule has 34 heavy (non-hydrogen) atoms. The predicted octanol–water partition coefficient (Wildman–Crippen LogP) is 3.46. The van der Waals surface area contributed by atoms with Gasteiger partial charge in [0, 0.05) is 12.8 Å². The molecular weight excluding hydrogens is 451 g/mol. The number of carbonyl (C=O) groups excluding carboxylic acids is 1. The van der Waals surface area contributed by atoms with E-state index in [0.717, 1.165) is 30.7 Å². The van der Waals surface area contributed by atoms with Crippen molar-refractivity contribution in [1.82, 2.24) is 25.9 Å². The molecule has 5 rings (SSSR count). The first-order chi connectivity index (χ1) is 16.3. The molecule has 3 aliphatic rings. The number of allylic oxidation sites excluding steroid dienone is 1. The lowest BCUT2D eigenvalue weighted by atomic mass is 9.86. The quantitative estimate of drug-likeness (QED) is 0.697. The number of rotatable bonds is 4. The number of nitrogens with zero attached hydrogens (tertiary/aromatic N) is 3. The van der Waals surface area contributed by atoms with Gasteiger partial charge in [-0.3, -0.25) is 4.79 Å². The molecule has 1 amide bonds. The lowest BCUT2D eigenvalue weighted by molar-refractivity contribution is -0.161. The van der Waals surface area contributed by atoms with E-state index < -0.39 is 30.2 Å². The van der Waals surface area contributed by atoms with Crippen LogP contribution in [0.25, 0.3) is 5.57 Å². The highest BCUT2D eigenvalue weighted by Gasteiger charge is 2.58. The number of methoxy groups -OCH3 is 1. The molecule has 0 spiro atoms. The molecule has 5 atom stereocenters. The van der Waals surface area contributed by atoms with Crippen molar-refractivity contribution in [2.24, 2.45) is 0 Å². The van der Waals surface area contributed by atoms with Gasteiger partial charge in [0.15, 0.2) is 0 Å². The molecule has 11 heteroatoms. The van der Waals surface area contributed by atoms with Crippen molar-refractivity contribution in [3.8, 4) is 0 Å². The van der Waals surface area contributed by atoms with E-state index in [9.17, 15) is 18.0 Å². The summed E-state index contributed by atoms with van der Waals surface area (Å²) in [5.74, 6) is -1.40. The molecule has 2 fully saturated rings. The van der Waals surface area contributed by atoms with Crippen LogP contribution < -0.4 is 10.7 Å². The summed E-state index contributed by atoms with van der Waals surface area (Å²) in [6.45, 7) is 1.63. The fourth-order valence-corrected chi connectivity index (χ4v) is 5.29. The molecule has 1 aromatic carbocycles. The molecule has 4 unspecified atom stereocenters. The average Bonchev–Trinajstić information content (AvgIpc) is 3.45. The number of amides is 1. The number of hydrogen-bond donors (Lipinski definition) is 2. The standard InChI is InChI=1S/C23H26F3N5O3/c1-12-16(21-29-28-20(34-21)14-10-6-7-11-15(14)33-2)22(32)31-19(27-12)17(13-8-4-3-5-9-13)18(30-31)23(24,25)26/h3-5,8-9,14-15,17-19,27,30H,6-7,10-11H2,1-2H3/t14?,15-,17?,18?,19?/m0/s1. The predicted molar refractivity (Wildman–Crippen MR) is 115 cm³/mol. The van der Waals surface area contributed by atoms with Crippen molar-refractivity contribution in [2.45, 2.75) is 68.9 Å². The largest absolute Gasteiger partial charge is 0.420 e. The minimum Gasteiger partial charge on any atom is -0.420 e. The molecule has 182 valence electrons. The number of halogens is 3. The van der Waals surface area contributed by atoms with Crippen molar-refractivity contribution in [3.05, 3.63) is 53.4 Å². The van der Waals surface area contributed by atoms with Crippen LogP contribution in [0.4, 0.5) is 13.2 Å². The van der Waals surface area contributed by atoms with Crippen LogP contribution in [0, 0.1) is 0 Å². The van der Waals surface area contributed by atoms with Crippen molar-refractivity contribution >= 4 is 11.5 Å². The van der Waals surface area contributed by atoms with E-state index in [-0.39, 0.29) is 23.5 Å². The van der Waals surface area contributed by atoms with Crippen LogP contribution >= 0.6 is 0 Å². The summed E-state index contributed by atoms with van der Waals surface area (Å²) >= 11 is 0. The van der Waals surface area contributed by atoms with E-state index in [2.05, 4.69) is 20.9 Å². The molecule has 1 saturated carbocycles. The number of carbonyl (C=O) groups is 1. The number of benzene rings is 1. The van der Waals surface area contributed by atoms with Gasteiger partial charge in [0.2, 0.25) is 5.89 Å². The highest BCUT2D eigenvalue weighted by Crippen LogP contribution is 2.42. The van der Waals surface area contributed by atoms with Gasteiger partial charge in [-0.2, -0.15) is 13.2 Å². The van der Waals surface area contributed by atoms with E-state index >= 15 is 0 Å². The van der Waals surface area contributed by atoms with Gasteiger partial charge in [-0.1, -0.05) is 43.2 Å². The second-order valence-corrected chi connectivity index (χ2v) is 8.96. The van der Waals surface area contributed by atoms with Crippen molar-refractivity contribution in [3.63, 3.8) is 0 Å². The maximum atomic E-state index is 14.0. The van der Waals surface area contributed by atoms with E-state index in [4.69, 9.17) is 9.15 Å². The number of hydrazine groups is 1. The molecule has 0 bridgehead atoms. The zero-order chi connectivity index (χ0) is 24.0. The molecule has 2 aliphatic heterocycles. The summed E-state index contributed by atoms with van der Waals surface area (Å²) in [5.41, 5.74) is 3.31. The molecule has 8 nitrogen and oxygen atoms in total. The average molecular weight is 477 g/mol. The number of nitrogens with one attached hydrogen (secondary N) is 2. The van der Waals surface area contributed by atoms with E-state index in [1.54, 1.807) is 44.4 Å². The first-order valence-electron chi connectivity index (χ1n) is 11.3. The van der Waals surface area contributed by atoms with Crippen LogP contribution in [-0.4, -0.2) is 52.7 Å². The summed E-state index contributed by atoms with van der Waals surface area (Å²) in [7, 11) is 1.64. The first-order valence-corrected chi connectivity index (χ1v) is 11.3. The van der Waals surface area contributed by atoms with E-state index in [1.165, 1.54) is 0 Å². The maximum Gasteiger partial charge on any atom is 0.406 e. The van der Waals surface area contributed by atoms with Crippen LogP contribution in [-0.2, 0) is 9.53 Å². The third-order valence-electron chi connectivity index (χ3n) is 6.94. The van der Waals surface area contributed by atoms with Crippen molar-refractivity contribution in [2.75, 3.05) is 7.11 Å². The van der Waals surface area contributed by atoms with E-state index in [0.29, 0.717) is 17.2 Å². The monoisotopic (exact) mass is 477 g/mol. The van der Waals surface area contributed by atoms with Crippen molar-refractivity contribution < 1.29 is 27.1 Å². The lowest BCUT2D eigenvalue weighted by Gasteiger charge is -2.34. The second kappa shape index (κ2) is 8.70. The summed E-state index contributed by atoms with van der Waals surface area (Å²) in [5, 5.41) is 12.3. The second-order valence-electron chi connectivity index (χ2n) is 8.96. The van der Waals surface area contributed by atoms with Gasteiger partial charge in [0.25, 0.3) is 11.8 Å². The fourth-order valence-electron chi connectivity index (χ4n) is 5.29. The smallest absolute Gasteiger partial charge is 0.406 e. The molecule has 2 aromatic rings. The van der Waals surface area contributed by atoms with E-state index in [1.807, 2.05) is 0 Å². The van der Waals surface area contributed by atoms with Crippen LogP contribution in [0.3, 0.4) is 0 Å². The molecule has 3 heterocycles. The van der Waals surface area contributed by atoms with Gasteiger partial charge in [-0.05, 0) is 25.3 Å². The maximum absolute atomic E-state index is 14.0. The normalized spacial score (nSPS) is 29.9. The third-order valence-corrected chi connectivity index (χ3v) is 6.94. The lowest BCUT2D eigenvalue weighted by Crippen LogP contribution is -2.54. The number of aromatic nitrogens is 2. The Morgan fingerprint density at radius 2 is 1.88 bits per heavy atom. The van der Waals surface area contributed by atoms with Gasteiger partial charge >= 0.3 is 6.18 Å². The zero-order valence-corrected chi connectivity index (χ0v) is 18.8.